The van der Waals surface area contributed by atoms with E-state index in [1.54, 1.807) is 12.4 Å². The number of hydrogen-bond donors (Lipinski definition) is 2. The highest BCUT2D eigenvalue weighted by Crippen LogP contribution is 2.18. The predicted octanol–water partition coefficient (Wildman–Crippen LogP) is 2.06. The molecule has 0 unspecified atom stereocenters. The highest BCUT2D eigenvalue weighted by Gasteiger charge is 2.38. The third kappa shape index (κ3) is 6.26. The summed E-state index contributed by atoms with van der Waals surface area (Å²) in [6, 6.07) is 1.81. The SMILES string of the molecule is Cn1ccnc1CN1CCCn2cnc(CNc3ncccn3)c2C1.O=C(O)C(F)(F)F. The number of aliphatic carboxylic acids is 1. The molecule has 0 bridgehead atoms. The molecule has 3 aromatic rings. The maximum Gasteiger partial charge on any atom is 0.490 e. The molecule has 3 aromatic heterocycles. The number of imidazole rings is 2. The average molecular weight is 452 g/mol. The Hall–Kier alpha value is -3.48. The van der Waals surface area contributed by atoms with Crippen LogP contribution < -0.4 is 5.32 Å². The lowest BCUT2D eigenvalue weighted by Crippen LogP contribution is -2.25. The molecule has 0 spiro atoms. The summed E-state index contributed by atoms with van der Waals surface area (Å²) >= 11 is 0. The van der Waals surface area contributed by atoms with Crippen molar-refractivity contribution in [1.82, 2.24) is 34.0 Å². The minimum absolute atomic E-state index is 0.628. The van der Waals surface area contributed by atoms with Crippen molar-refractivity contribution in [3.05, 3.63) is 54.4 Å². The molecule has 2 N–H and O–H groups in total. The van der Waals surface area contributed by atoms with Gasteiger partial charge in [0, 0.05) is 51.5 Å². The lowest BCUT2D eigenvalue weighted by molar-refractivity contribution is -0.192. The second kappa shape index (κ2) is 10.2. The van der Waals surface area contributed by atoms with Crippen molar-refractivity contribution in [3.8, 4) is 0 Å². The van der Waals surface area contributed by atoms with Crippen LogP contribution in [0.15, 0.2) is 37.2 Å². The van der Waals surface area contributed by atoms with E-state index in [1.165, 1.54) is 5.69 Å². The Labute approximate surface area is 181 Å². The first kappa shape index (κ1) is 23.2. The molecule has 0 atom stereocenters. The van der Waals surface area contributed by atoms with Gasteiger partial charge in [0.05, 0.1) is 30.8 Å². The number of nitrogens with zero attached hydrogens (tertiary/aromatic N) is 7. The van der Waals surface area contributed by atoms with Crippen molar-refractivity contribution in [2.75, 3.05) is 11.9 Å². The van der Waals surface area contributed by atoms with Crippen molar-refractivity contribution in [2.45, 2.75) is 38.8 Å². The standard InChI is InChI=1S/C17H22N8.C2HF3O2/c1-23-9-6-18-16(23)12-24-7-3-8-25-13-22-14(15(25)11-24)10-21-17-19-4-2-5-20-17;3-2(4,5)1(6)7/h2,4-6,9,13H,3,7-8,10-12H2,1H3,(H,19,20,21);(H,6,7). The highest BCUT2D eigenvalue weighted by atomic mass is 19.4. The first-order chi connectivity index (χ1) is 15.2. The molecule has 0 saturated heterocycles. The summed E-state index contributed by atoms with van der Waals surface area (Å²) in [5.74, 6) is -1.04. The van der Waals surface area contributed by atoms with Crippen LogP contribution in [0.3, 0.4) is 0 Å². The second-order valence-corrected chi connectivity index (χ2v) is 7.08. The van der Waals surface area contributed by atoms with Crippen LogP contribution in [-0.4, -0.2) is 57.8 Å². The number of aromatic nitrogens is 6. The van der Waals surface area contributed by atoms with Crippen LogP contribution in [0, 0.1) is 0 Å². The minimum atomic E-state index is -5.08. The molecule has 1 aliphatic heterocycles. The van der Waals surface area contributed by atoms with Crippen molar-refractivity contribution in [3.63, 3.8) is 0 Å². The summed E-state index contributed by atoms with van der Waals surface area (Å²) in [5, 5.41) is 10.4. The van der Waals surface area contributed by atoms with Crippen LogP contribution in [0.5, 0.6) is 0 Å². The van der Waals surface area contributed by atoms with E-state index in [0.29, 0.717) is 12.5 Å². The van der Waals surface area contributed by atoms with E-state index in [2.05, 4.69) is 39.3 Å². The maximum absolute atomic E-state index is 10.6. The molecule has 0 amide bonds. The number of aryl methyl sites for hydroxylation is 2. The zero-order valence-corrected chi connectivity index (χ0v) is 17.3. The van der Waals surface area contributed by atoms with E-state index < -0.39 is 12.1 Å². The summed E-state index contributed by atoms with van der Waals surface area (Å²) in [6.07, 6.45) is 5.29. The summed E-state index contributed by atoms with van der Waals surface area (Å²) < 4.78 is 36.1. The molecule has 172 valence electrons. The summed E-state index contributed by atoms with van der Waals surface area (Å²) in [7, 11) is 2.04. The van der Waals surface area contributed by atoms with Crippen LogP contribution in [0.4, 0.5) is 19.1 Å². The largest absolute Gasteiger partial charge is 0.490 e. The van der Waals surface area contributed by atoms with Gasteiger partial charge >= 0.3 is 12.1 Å². The fourth-order valence-electron chi connectivity index (χ4n) is 3.16. The smallest absolute Gasteiger partial charge is 0.475 e. The van der Waals surface area contributed by atoms with Gasteiger partial charge in [0.15, 0.2) is 0 Å². The molecule has 0 aliphatic carbocycles. The van der Waals surface area contributed by atoms with Gasteiger partial charge in [0.25, 0.3) is 0 Å². The fraction of sp³-hybridized carbons (Fsp3) is 0.421. The number of carbonyl (C=O) groups is 1. The molecule has 0 saturated carbocycles. The Morgan fingerprint density at radius 2 is 1.88 bits per heavy atom. The summed E-state index contributed by atoms with van der Waals surface area (Å²) in [4.78, 5) is 28.8. The quantitative estimate of drug-likeness (QED) is 0.605. The topological polar surface area (TPSA) is 114 Å². The predicted molar refractivity (Wildman–Crippen MR) is 107 cm³/mol. The Morgan fingerprint density at radius 3 is 2.50 bits per heavy atom. The Morgan fingerprint density at radius 1 is 1.16 bits per heavy atom. The lowest BCUT2D eigenvalue weighted by atomic mass is 10.3. The van der Waals surface area contributed by atoms with Gasteiger partial charge in [-0.2, -0.15) is 13.2 Å². The van der Waals surface area contributed by atoms with Crippen molar-refractivity contribution in [1.29, 1.82) is 0 Å². The fourth-order valence-corrected chi connectivity index (χ4v) is 3.16. The Balaban J connectivity index is 0.000000360. The van der Waals surface area contributed by atoms with Gasteiger partial charge in [-0.15, -0.1) is 0 Å². The number of carboxylic acids is 1. The number of anilines is 1. The monoisotopic (exact) mass is 452 g/mol. The molecule has 10 nitrogen and oxygen atoms in total. The normalized spacial score (nSPS) is 14.1. The molecule has 1 aliphatic rings. The molecule has 4 heterocycles. The Kier molecular flexibility index (Phi) is 7.41. The van der Waals surface area contributed by atoms with E-state index in [1.807, 2.05) is 31.8 Å². The maximum atomic E-state index is 10.6. The zero-order chi connectivity index (χ0) is 23.1. The molecule has 0 aromatic carbocycles. The third-order valence-corrected chi connectivity index (χ3v) is 4.79. The van der Waals surface area contributed by atoms with Gasteiger partial charge in [-0.3, -0.25) is 4.90 Å². The molecule has 0 fully saturated rings. The van der Waals surface area contributed by atoms with E-state index in [4.69, 9.17) is 9.90 Å². The molecule has 4 rings (SSSR count). The number of rotatable bonds is 5. The average Bonchev–Trinajstić information content (AvgIpc) is 3.26. The number of fused-ring (bicyclic) bond motifs is 1. The summed E-state index contributed by atoms with van der Waals surface area (Å²) in [5.41, 5.74) is 2.31. The highest BCUT2D eigenvalue weighted by molar-refractivity contribution is 5.73. The second-order valence-electron chi connectivity index (χ2n) is 7.08. The first-order valence-corrected chi connectivity index (χ1v) is 9.76. The van der Waals surface area contributed by atoms with Gasteiger partial charge in [0.1, 0.15) is 5.82 Å². The molecule has 32 heavy (non-hydrogen) atoms. The lowest BCUT2D eigenvalue weighted by Gasteiger charge is -2.19. The third-order valence-electron chi connectivity index (χ3n) is 4.79. The van der Waals surface area contributed by atoms with Gasteiger partial charge < -0.3 is 19.6 Å². The van der Waals surface area contributed by atoms with E-state index in [-0.39, 0.29) is 0 Å². The molecule has 13 heteroatoms. The number of carboxylic acid groups (broad SMARTS) is 1. The van der Waals surface area contributed by atoms with Crippen molar-refractivity contribution < 1.29 is 23.1 Å². The minimum Gasteiger partial charge on any atom is -0.475 e. The number of hydrogen-bond acceptors (Lipinski definition) is 7. The van der Waals surface area contributed by atoms with Gasteiger partial charge in [0.2, 0.25) is 5.95 Å². The zero-order valence-electron chi connectivity index (χ0n) is 17.3. The van der Waals surface area contributed by atoms with Gasteiger partial charge in [-0.1, -0.05) is 0 Å². The molecule has 0 radical (unpaired) electrons. The van der Waals surface area contributed by atoms with E-state index in [0.717, 1.165) is 44.1 Å². The number of halogens is 3. The van der Waals surface area contributed by atoms with Gasteiger partial charge in [-0.25, -0.2) is 24.7 Å². The van der Waals surface area contributed by atoms with Crippen LogP contribution in [0.2, 0.25) is 0 Å². The molecular formula is C19H23F3N8O2. The van der Waals surface area contributed by atoms with Gasteiger partial charge in [-0.05, 0) is 12.5 Å². The van der Waals surface area contributed by atoms with Crippen LogP contribution in [0.1, 0.15) is 23.6 Å². The first-order valence-electron chi connectivity index (χ1n) is 9.76. The summed E-state index contributed by atoms with van der Waals surface area (Å²) in [6.45, 7) is 4.41. The molecular weight excluding hydrogens is 429 g/mol. The number of alkyl halides is 3. The van der Waals surface area contributed by atoms with Crippen LogP contribution >= 0.6 is 0 Å². The van der Waals surface area contributed by atoms with Crippen molar-refractivity contribution in [2.24, 2.45) is 7.05 Å². The number of nitrogens with one attached hydrogen (secondary N) is 1. The van der Waals surface area contributed by atoms with Crippen LogP contribution in [-0.2, 0) is 38.0 Å². The van der Waals surface area contributed by atoms with E-state index >= 15 is 0 Å². The van der Waals surface area contributed by atoms with Crippen LogP contribution in [0.25, 0.3) is 0 Å². The van der Waals surface area contributed by atoms with E-state index in [9.17, 15) is 13.2 Å². The van der Waals surface area contributed by atoms with Crippen molar-refractivity contribution >= 4 is 11.9 Å². The Bertz CT molecular complexity index is 1020.